The van der Waals surface area contributed by atoms with Gasteiger partial charge in [0.05, 0.1) is 18.2 Å². The lowest BCUT2D eigenvalue weighted by atomic mass is 10.1. The molecule has 1 amide bonds. The van der Waals surface area contributed by atoms with E-state index in [0.717, 1.165) is 0 Å². The second-order valence-corrected chi connectivity index (χ2v) is 3.70. The van der Waals surface area contributed by atoms with Gasteiger partial charge in [0.15, 0.2) is 0 Å². The number of nitrogens with one attached hydrogen (secondary N) is 1. The molecule has 1 aromatic carbocycles. The van der Waals surface area contributed by atoms with Gasteiger partial charge in [0.2, 0.25) is 5.91 Å². The third-order valence-corrected chi connectivity index (χ3v) is 2.34. The molecule has 0 fully saturated rings. The molecule has 0 aliphatic rings. The van der Waals surface area contributed by atoms with Crippen LogP contribution in [0.2, 0.25) is 0 Å². The Morgan fingerprint density at radius 2 is 2.29 bits per heavy atom. The van der Waals surface area contributed by atoms with Gasteiger partial charge in [0.25, 0.3) is 0 Å². The molecule has 0 spiro atoms. The quantitative estimate of drug-likeness (QED) is 0.842. The fourth-order valence-corrected chi connectivity index (χ4v) is 1.40. The van der Waals surface area contributed by atoms with Crippen molar-refractivity contribution in [2.24, 2.45) is 0 Å². The standard InChI is InChI=1S/C12H14FN3O/c1-15-7-12(17)16(2)8-10-5-9(6-14)3-4-11(10)13/h3-5,15H,7-8H2,1-2H3. The SMILES string of the molecule is CNCC(=O)N(C)Cc1cc(C#N)ccc1F. The van der Waals surface area contributed by atoms with Gasteiger partial charge in [-0.1, -0.05) is 0 Å². The molecule has 0 saturated carbocycles. The lowest BCUT2D eigenvalue weighted by molar-refractivity contribution is -0.129. The van der Waals surface area contributed by atoms with Gasteiger partial charge in [0, 0.05) is 19.2 Å². The molecule has 90 valence electrons. The smallest absolute Gasteiger partial charge is 0.236 e. The Morgan fingerprint density at radius 3 is 2.88 bits per heavy atom. The lowest BCUT2D eigenvalue weighted by Crippen LogP contribution is -2.33. The first-order valence-electron chi connectivity index (χ1n) is 5.15. The van der Waals surface area contributed by atoms with Gasteiger partial charge in [0.1, 0.15) is 5.82 Å². The molecule has 0 unspecified atom stereocenters. The Bertz CT molecular complexity index is 454. The van der Waals surface area contributed by atoms with Crippen molar-refractivity contribution in [2.75, 3.05) is 20.6 Å². The zero-order chi connectivity index (χ0) is 12.8. The second-order valence-electron chi connectivity index (χ2n) is 3.70. The number of amides is 1. The second kappa shape index (κ2) is 5.97. The highest BCUT2D eigenvalue weighted by Gasteiger charge is 2.11. The molecule has 0 aliphatic heterocycles. The van der Waals surface area contributed by atoms with Gasteiger partial charge in [-0.25, -0.2) is 4.39 Å². The fraction of sp³-hybridized carbons (Fsp3) is 0.333. The summed E-state index contributed by atoms with van der Waals surface area (Å²) in [6, 6.07) is 6.05. The number of carbonyl (C=O) groups excluding carboxylic acids is 1. The molecule has 0 aromatic heterocycles. The summed E-state index contributed by atoms with van der Waals surface area (Å²) in [6.07, 6.45) is 0. The molecular weight excluding hydrogens is 221 g/mol. The van der Waals surface area contributed by atoms with Crippen LogP contribution in [0, 0.1) is 17.1 Å². The predicted octanol–water partition coefficient (Wildman–Crippen LogP) is 0.875. The Balaban J connectivity index is 2.81. The minimum atomic E-state index is -0.409. The maximum atomic E-state index is 13.5. The molecule has 5 heteroatoms. The van der Waals surface area contributed by atoms with E-state index in [1.54, 1.807) is 14.1 Å². The number of likely N-dealkylation sites (N-methyl/N-ethyl adjacent to an activating group) is 2. The Labute approximate surface area is 99.7 Å². The van der Waals surface area contributed by atoms with Gasteiger partial charge >= 0.3 is 0 Å². The third kappa shape index (κ3) is 3.54. The van der Waals surface area contributed by atoms with Gasteiger partial charge in [-0.05, 0) is 25.2 Å². The van der Waals surface area contributed by atoms with E-state index in [4.69, 9.17) is 5.26 Å². The van der Waals surface area contributed by atoms with E-state index in [2.05, 4.69) is 5.32 Å². The van der Waals surface area contributed by atoms with E-state index >= 15 is 0 Å². The van der Waals surface area contributed by atoms with E-state index in [-0.39, 0.29) is 19.0 Å². The molecule has 0 bridgehead atoms. The highest BCUT2D eigenvalue weighted by molar-refractivity contribution is 5.77. The topological polar surface area (TPSA) is 56.1 Å². The molecule has 4 nitrogen and oxygen atoms in total. The average molecular weight is 235 g/mol. The van der Waals surface area contributed by atoms with Crippen molar-refractivity contribution in [2.45, 2.75) is 6.54 Å². The van der Waals surface area contributed by atoms with Gasteiger partial charge in [-0.2, -0.15) is 5.26 Å². The van der Waals surface area contributed by atoms with E-state index in [1.807, 2.05) is 6.07 Å². The van der Waals surface area contributed by atoms with Crippen molar-refractivity contribution in [3.05, 3.63) is 35.1 Å². The lowest BCUT2D eigenvalue weighted by Gasteiger charge is -2.17. The number of nitrogens with zero attached hydrogens (tertiary/aromatic N) is 2. The first-order valence-corrected chi connectivity index (χ1v) is 5.15. The van der Waals surface area contributed by atoms with Crippen LogP contribution in [0.5, 0.6) is 0 Å². The Morgan fingerprint density at radius 1 is 1.59 bits per heavy atom. The van der Waals surface area contributed by atoms with E-state index < -0.39 is 5.82 Å². The minimum Gasteiger partial charge on any atom is -0.340 e. The van der Waals surface area contributed by atoms with Crippen LogP contribution in [0.1, 0.15) is 11.1 Å². The van der Waals surface area contributed by atoms with Crippen LogP contribution in [0.4, 0.5) is 4.39 Å². The van der Waals surface area contributed by atoms with Crippen LogP contribution >= 0.6 is 0 Å². The van der Waals surface area contributed by atoms with Crippen molar-refractivity contribution in [3.63, 3.8) is 0 Å². The summed E-state index contributed by atoms with van der Waals surface area (Å²) in [5.74, 6) is -0.539. The first-order chi connectivity index (χ1) is 8.08. The van der Waals surface area contributed by atoms with Crippen molar-refractivity contribution in [3.8, 4) is 6.07 Å². The normalized spacial score (nSPS) is 9.76. The molecule has 1 N–H and O–H groups in total. The largest absolute Gasteiger partial charge is 0.340 e. The predicted molar refractivity (Wildman–Crippen MR) is 61.5 cm³/mol. The zero-order valence-corrected chi connectivity index (χ0v) is 9.83. The van der Waals surface area contributed by atoms with Crippen LogP contribution < -0.4 is 5.32 Å². The van der Waals surface area contributed by atoms with Crippen molar-refractivity contribution < 1.29 is 9.18 Å². The number of hydrogen-bond acceptors (Lipinski definition) is 3. The number of benzene rings is 1. The fourth-order valence-electron chi connectivity index (χ4n) is 1.40. The van der Waals surface area contributed by atoms with Crippen LogP contribution in [-0.2, 0) is 11.3 Å². The molecule has 0 radical (unpaired) electrons. The molecule has 0 saturated heterocycles. The number of carbonyl (C=O) groups is 1. The Hall–Kier alpha value is -1.93. The zero-order valence-electron chi connectivity index (χ0n) is 9.83. The van der Waals surface area contributed by atoms with Gasteiger partial charge in [-0.3, -0.25) is 4.79 Å². The van der Waals surface area contributed by atoms with Crippen molar-refractivity contribution >= 4 is 5.91 Å². The maximum Gasteiger partial charge on any atom is 0.236 e. The maximum absolute atomic E-state index is 13.5. The summed E-state index contributed by atoms with van der Waals surface area (Å²) in [6.45, 7) is 0.359. The van der Waals surface area contributed by atoms with Crippen molar-refractivity contribution in [1.82, 2.24) is 10.2 Å². The summed E-state index contributed by atoms with van der Waals surface area (Å²) in [4.78, 5) is 12.9. The first kappa shape index (κ1) is 13.1. The molecule has 0 heterocycles. The number of nitriles is 1. The van der Waals surface area contributed by atoms with Crippen LogP contribution in [0.25, 0.3) is 0 Å². The van der Waals surface area contributed by atoms with Crippen LogP contribution in [0.15, 0.2) is 18.2 Å². The summed E-state index contributed by atoms with van der Waals surface area (Å²) in [7, 11) is 3.26. The molecule has 17 heavy (non-hydrogen) atoms. The summed E-state index contributed by atoms with van der Waals surface area (Å²) < 4.78 is 13.5. The summed E-state index contributed by atoms with van der Waals surface area (Å²) in [5.41, 5.74) is 0.729. The molecule has 0 atom stereocenters. The summed E-state index contributed by atoms with van der Waals surface area (Å²) >= 11 is 0. The molecule has 1 aromatic rings. The summed E-state index contributed by atoms with van der Waals surface area (Å²) in [5, 5.41) is 11.5. The Kier molecular flexibility index (Phi) is 4.61. The van der Waals surface area contributed by atoms with E-state index in [0.29, 0.717) is 11.1 Å². The average Bonchev–Trinajstić information content (AvgIpc) is 2.32. The third-order valence-electron chi connectivity index (χ3n) is 2.34. The van der Waals surface area contributed by atoms with Crippen LogP contribution in [-0.4, -0.2) is 31.4 Å². The monoisotopic (exact) mass is 235 g/mol. The number of hydrogen-bond donors (Lipinski definition) is 1. The molecule has 0 aliphatic carbocycles. The van der Waals surface area contributed by atoms with E-state index in [9.17, 15) is 9.18 Å². The van der Waals surface area contributed by atoms with Gasteiger partial charge in [-0.15, -0.1) is 0 Å². The van der Waals surface area contributed by atoms with E-state index in [1.165, 1.54) is 23.1 Å². The minimum absolute atomic E-state index is 0.130. The number of rotatable bonds is 4. The van der Waals surface area contributed by atoms with Crippen molar-refractivity contribution in [1.29, 1.82) is 5.26 Å². The highest BCUT2D eigenvalue weighted by Crippen LogP contribution is 2.12. The molecule has 1 rings (SSSR count). The van der Waals surface area contributed by atoms with Gasteiger partial charge < -0.3 is 10.2 Å². The number of halogens is 1. The molecular formula is C12H14FN3O. The highest BCUT2D eigenvalue weighted by atomic mass is 19.1. The van der Waals surface area contributed by atoms with Crippen LogP contribution in [0.3, 0.4) is 0 Å².